The van der Waals surface area contributed by atoms with Gasteiger partial charge in [-0.2, -0.15) is 9.97 Å². The van der Waals surface area contributed by atoms with Gasteiger partial charge in [0.15, 0.2) is 0 Å². The van der Waals surface area contributed by atoms with E-state index in [2.05, 4.69) is 98.4 Å². The summed E-state index contributed by atoms with van der Waals surface area (Å²) in [5.74, 6) is 4.39. The number of anilines is 4. The summed E-state index contributed by atoms with van der Waals surface area (Å²) in [5.41, 5.74) is 3.54. The van der Waals surface area contributed by atoms with Crippen molar-refractivity contribution in [3.05, 3.63) is 59.4 Å². The lowest BCUT2D eigenvalue weighted by molar-refractivity contribution is 0.143. The van der Waals surface area contributed by atoms with Gasteiger partial charge in [-0.1, -0.05) is 71.4 Å². The maximum atomic E-state index is 5.10. The van der Waals surface area contributed by atoms with Crippen LogP contribution in [-0.4, -0.2) is 46.1 Å². The third kappa shape index (κ3) is 7.01. The molecule has 3 aromatic rings. The second-order valence-electron chi connectivity index (χ2n) is 10.8. The molecule has 1 aliphatic rings. The zero-order valence-corrected chi connectivity index (χ0v) is 25.0. The van der Waals surface area contributed by atoms with Gasteiger partial charge in [-0.15, -0.1) is 0 Å². The van der Waals surface area contributed by atoms with Crippen LogP contribution in [0.25, 0.3) is 0 Å². The van der Waals surface area contributed by atoms with Crippen LogP contribution in [-0.2, 0) is 0 Å². The molecule has 4 rings (SSSR count). The zero-order valence-electron chi connectivity index (χ0n) is 25.0. The van der Waals surface area contributed by atoms with Gasteiger partial charge >= 0.3 is 0 Å². The summed E-state index contributed by atoms with van der Waals surface area (Å²) in [4.78, 5) is 19.8. The minimum absolute atomic E-state index is 0.257. The molecule has 1 fully saturated rings. The maximum absolute atomic E-state index is 5.10. The molecule has 0 saturated heterocycles. The number of aromatic nitrogens is 4. The lowest BCUT2D eigenvalue weighted by Crippen LogP contribution is -2.42. The Kier molecular flexibility index (Phi) is 11.0. The van der Waals surface area contributed by atoms with Crippen LogP contribution in [0.4, 0.5) is 23.5 Å². The highest BCUT2D eigenvalue weighted by atomic mass is 15.2. The van der Waals surface area contributed by atoms with E-state index in [4.69, 9.17) is 19.9 Å². The number of rotatable bonds is 16. The fourth-order valence-electron chi connectivity index (χ4n) is 5.83. The van der Waals surface area contributed by atoms with Crippen molar-refractivity contribution in [3.8, 4) is 0 Å². The average Bonchev–Trinajstić information content (AvgIpc) is 2.97. The summed E-state index contributed by atoms with van der Waals surface area (Å²) in [5, 5.41) is 13.9. The topological polar surface area (TPSA) is 99.7 Å². The van der Waals surface area contributed by atoms with Crippen LogP contribution in [0.15, 0.2) is 42.5 Å². The molecular weight excluding hydrogens is 496 g/mol. The second kappa shape index (κ2) is 14.8. The van der Waals surface area contributed by atoms with Crippen molar-refractivity contribution in [1.82, 2.24) is 19.9 Å². The van der Waals surface area contributed by atoms with E-state index in [0.29, 0.717) is 17.8 Å². The third-order valence-corrected chi connectivity index (χ3v) is 7.71. The van der Waals surface area contributed by atoms with E-state index in [-0.39, 0.29) is 17.8 Å². The van der Waals surface area contributed by atoms with Crippen LogP contribution in [0.1, 0.15) is 101 Å². The maximum Gasteiger partial charge on any atom is 0.224 e. The van der Waals surface area contributed by atoms with Gasteiger partial charge in [0.1, 0.15) is 11.6 Å². The fourth-order valence-corrected chi connectivity index (χ4v) is 5.83. The molecule has 2 heterocycles. The quantitative estimate of drug-likeness (QED) is 0.150. The number of hydrogen-bond donors (Lipinski definition) is 4. The molecule has 1 aliphatic carbocycles. The smallest absolute Gasteiger partial charge is 0.224 e. The Bertz CT molecular complexity index is 1060. The molecule has 0 radical (unpaired) electrons. The van der Waals surface area contributed by atoms with E-state index in [1.54, 1.807) is 0 Å². The predicted octanol–water partition coefficient (Wildman–Crippen LogP) is 7.25. The molecule has 8 nitrogen and oxygen atoms in total. The van der Waals surface area contributed by atoms with Crippen molar-refractivity contribution in [1.29, 1.82) is 0 Å². The van der Waals surface area contributed by atoms with Gasteiger partial charge in [0.05, 0.1) is 11.4 Å². The van der Waals surface area contributed by atoms with E-state index >= 15 is 0 Å². The monoisotopic (exact) mass is 544 g/mol. The first-order valence-electron chi connectivity index (χ1n) is 15.4. The molecular formula is C32H48N8. The fraction of sp³-hybridized carbons (Fsp3) is 0.562. The first-order valence-corrected chi connectivity index (χ1v) is 15.4. The molecule has 1 aromatic carbocycles. The van der Waals surface area contributed by atoms with Gasteiger partial charge in [0.25, 0.3) is 0 Å². The number of benzene rings is 1. The van der Waals surface area contributed by atoms with E-state index in [0.717, 1.165) is 81.3 Å². The number of hydrogen-bond acceptors (Lipinski definition) is 8. The summed E-state index contributed by atoms with van der Waals surface area (Å²) < 4.78 is 0. The van der Waals surface area contributed by atoms with E-state index < -0.39 is 0 Å². The third-order valence-electron chi connectivity index (χ3n) is 7.71. The molecule has 2 aromatic heterocycles. The van der Waals surface area contributed by atoms with E-state index in [9.17, 15) is 0 Å². The SMILES string of the molecule is CCCNc1cc(C2C(CC)C(c3cc(NCCC)nc(NCCC)n3)C2c2ccccc2)nc(NCCC)n1. The summed E-state index contributed by atoms with van der Waals surface area (Å²) in [6, 6.07) is 15.3. The first-order chi connectivity index (χ1) is 19.6. The summed E-state index contributed by atoms with van der Waals surface area (Å²) >= 11 is 0. The molecule has 2 unspecified atom stereocenters. The van der Waals surface area contributed by atoms with Crippen LogP contribution < -0.4 is 21.3 Å². The Hall–Kier alpha value is -3.42. The molecule has 216 valence electrons. The average molecular weight is 545 g/mol. The van der Waals surface area contributed by atoms with Crippen LogP contribution >= 0.6 is 0 Å². The van der Waals surface area contributed by atoms with Gasteiger partial charge in [-0.3, -0.25) is 0 Å². The van der Waals surface area contributed by atoms with Gasteiger partial charge in [-0.25, -0.2) is 9.97 Å². The zero-order chi connectivity index (χ0) is 28.3. The van der Waals surface area contributed by atoms with Crippen molar-refractivity contribution in [3.63, 3.8) is 0 Å². The number of nitrogens with zero attached hydrogens (tertiary/aromatic N) is 4. The predicted molar refractivity (Wildman–Crippen MR) is 168 cm³/mol. The van der Waals surface area contributed by atoms with Gasteiger partial charge in [-0.05, 0) is 37.2 Å². The molecule has 0 bridgehead atoms. The Morgan fingerprint density at radius 3 is 1.43 bits per heavy atom. The molecule has 0 amide bonds. The highest BCUT2D eigenvalue weighted by Crippen LogP contribution is 2.63. The number of nitrogens with one attached hydrogen (secondary N) is 4. The molecule has 0 aliphatic heterocycles. The first kappa shape index (κ1) is 29.6. The highest BCUT2D eigenvalue weighted by molar-refractivity contribution is 5.49. The van der Waals surface area contributed by atoms with E-state index in [1.165, 1.54) is 5.56 Å². The summed E-state index contributed by atoms with van der Waals surface area (Å²) in [6.45, 7) is 14.5. The summed E-state index contributed by atoms with van der Waals surface area (Å²) in [6.07, 6.45) is 5.18. The standard InChI is InChI=1S/C32H48N8/c1-6-16-33-26-20-24(37-31(39-26)35-18-8-3)29-23(10-5)30(28(29)22-14-12-11-13-15-22)25-21-27(34-17-7-2)40-32(38-25)36-19-9-4/h11-15,20-21,23,28-30H,6-10,16-19H2,1-5H3,(H2,33,35,37,39)(H2,34,36,38,40). The molecule has 0 spiro atoms. The minimum atomic E-state index is 0.257. The normalized spacial score (nSPS) is 20.0. The largest absolute Gasteiger partial charge is 0.370 e. The van der Waals surface area contributed by atoms with Crippen molar-refractivity contribution >= 4 is 23.5 Å². The Labute approximate surface area is 240 Å². The van der Waals surface area contributed by atoms with Crippen molar-refractivity contribution in [2.24, 2.45) is 5.92 Å². The van der Waals surface area contributed by atoms with Crippen molar-refractivity contribution < 1.29 is 0 Å². The Morgan fingerprint density at radius 2 is 1.00 bits per heavy atom. The molecule has 1 saturated carbocycles. The lowest BCUT2D eigenvalue weighted by atomic mass is 9.51. The molecule has 8 heteroatoms. The van der Waals surface area contributed by atoms with Crippen LogP contribution in [0, 0.1) is 5.92 Å². The highest BCUT2D eigenvalue weighted by Gasteiger charge is 2.53. The van der Waals surface area contributed by atoms with Gasteiger partial charge < -0.3 is 21.3 Å². The summed E-state index contributed by atoms with van der Waals surface area (Å²) in [7, 11) is 0. The minimum Gasteiger partial charge on any atom is -0.370 e. The van der Waals surface area contributed by atoms with Crippen molar-refractivity contribution in [2.45, 2.75) is 84.5 Å². The lowest BCUT2D eigenvalue weighted by Gasteiger charge is -2.52. The molecule has 40 heavy (non-hydrogen) atoms. The Balaban J connectivity index is 1.78. The van der Waals surface area contributed by atoms with Gasteiger partial charge in [0.2, 0.25) is 11.9 Å². The Morgan fingerprint density at radius 1 is 0.550 bits per heavy atom. The second-order valence-corrected chi connectivity index (χ2v) is 10.8. The van der Waals surface area contributed by atoms with Gasteiger partial charge in [0, 0.05) is 56.1 Å². The van der Waals surface area contributed by atoms with E-state index in [1.807, 2.05) is 0 Å². The van der Waals surface area contributed by atoms with Crippen molar-refractivity contribution in [2.75, 3.05) is 47.4 Å². The van der Waals surface area contributed by atoms with Crippen LogP contribution in [0.2, 0.25) is 0 Å². The molecule has 2 atom stereocenters. The van der Waals surface area contributed by atoms with Crippen LogP contribution in [0.3, 0.4) is 0 Å². The molecule has 4 N–H and O–H groups in total. The van der Waals surface area contributed by atoms with Crippen LogP contribution in [0.5, 0.6) is 0 Å².